The van der Waals surface area contributed by atoms with Crippen molar-refractivity contribution in [3.8, 4) is 5.75 Å². The fourth-order valence-electron chi connectivity index (χ4n) is 2.47. The molecule has 3 aromatic rings. The van der Waals surface area contributed by atoms with Gasteiger partial charge < -0.3 is 5.11 Å². The first-order valence-electron chi connectivity index (χ1n) is 8.83. The Balaban J connectivity index is 1.71. The lowest BCUT2D eigenvalue weighted by molar-refractivity contribution is 0.0955. The van der Waals surface area contributed by atoms with Crippen LogP contribution < -0.4 is 5.43 Å². The number of nitrogens with zero attached hydrogens (tertiary/aromatic N) is 3. The van der Waals surface area contributed by atoms with Crippen LogP contribution in [0.2, 0.25) is 0 Å². The average Bonchev–Trinajstić information content (AvgIpc) is 2.70. The lowest BCUT2D eigenvalue weighted by atomic mass is 10.1. The Morgan fingerprint density at radius 1 is 0.966 bits per heavy atom. The van der Waals surface area contributed by atoms with Crippen LogP contribution in [0.3, 0.4) is 0 Å². The molecule has 0 bridgehead atoms. The third kappa shape index (κ3) is 5.58. The van der Waals surface area contributed by atoms with Gasteiger partial charge in [0.1, 0.15) is 5.75 Å². The van der Waals surface area contributed by atoms with Crippen LogP contribution in [0.4, 0.5) is 11.4 Å². The van der Waals surface area contributed by atoms with Crippen LogP contribution in [0.25, 0.3) is 0 Å². The van der Waals surface area contributed by atoms with E-state index >= 15 is 0 Å². The van der Waals surface area contributed by atoms with Crippen LogP contribution in [0.1, 0.15) is 27.0 Å². The Hall–Kier alpha value is -3.32. The summed E-state index contributed by atoms with van der Waals surface area (Å²) in [7, 11) is 0. The van der Waals surface area contributed by atoms with E-state index in [9.17, 15) is 9.90 Å². The number of nitrogens with one attached hydrogen (secondary N) is 1. The molecule has 0 saturated carbocycles. The van der Waals surface area contributed by atoms with E-state index in [1.165, 1.54) is 17.8 Å². The van der Waals surface area contributed by atoms with Gasteiger partial charge in [-0.2, -0.15) is 15.3 Å². The largest absolute Gasteiger partial charge is 0.507 e. The molecule has 0 aliphatic heterocycles. The van der Waals surface area contributed by atoms with Gasteiger partial charge in [0.2, 0.25) is 0 Å². The van der Waals surface area contributed by atoms with Crippen molar-refractivity contribution in [2.45, 2.75) is 13.8 Å². The van der Waals surface area contributed by atoms with Gasteiger partial charge in [-0.05, 0) is 73.5 Å². The molecule has 0 atom stereocenters. The van der Waals surface area contributed by atoms with Crippen LogP contribution in [-0.2, 0) is 0 Å². The molecule has 1 amide bonds. The number of benzene rings is 3. The van der Waals surface area contributed by atoms with Gasteiger partial charge in [-0.1, -0.05) is 28.1 Å². The zero-order chi connectivity index (χ0) is 20.8. The zero-order valence-electron chi connectivity index (χ0n) is 15.9. The number of rotatable bonds is 5. The van der Waals surface area contributed by atoms with Gasteiger partial charge in [-0.25, -0.2) is 5.43 Å². The molecule has 0 unspecified atom stereocenters. The Morgan fingerprint density at radius 2 is 1.69 bits per heavy atom. The van der Waals surface area contributed by atoms with Crippen molar-refractivity contribution in [3.63, 3.8) is 0 Å². The minimum Gasteiger partial charge on any atom is -0.507 e. The smallest absolute Gasteiger partial charge is 0.271 e. The highest BCUT2D eigenvalue weighted by atomic mass is 79.9. The molecule has 3 rings (SSSR count). The van der Waals surface area contributed by atoms with Crippen molar-refractivity contribution in [2.24, 2.45) is 15.3 Å². The average molecular weight is 451 g/mol. The number of hydrogen-bond acceptors (Lipinski definition) is 5. The lowest BCUT2D eigenvalue weighted by Gasteiger charge is -2.02. The highest BCUT2D eigenvalue weighted by Crippen LogP contribution is 2.25. The summed E-state index contributed by atoms with van der Waals surface area (Å²) in [4.78, 5) is 12.1. The number of carbonyl (C=O) groups excluding carboxylic acids is 1. The molecule has 7 heteroatoms. The van der Waals surface area contributed by atoms with Crippen molar-refractivity contribution in [3.05, 3.63) is 87.4 Å². The summed E-state index contributed by atoms with van der Waals surface area (Å²) < 4.78 is 0.800. The Kier molecular flexibility index (Phi) is 6.51. The molecule has 0 radical (unpaired) electrons. The van der Waals surface area contributed by atoms with Crippen LogP contribution in [0.15, 0.2) is 80.5 Å². The highest BCUT2D eigenvalue weighted by molar-refractivity contribution is 9.10. The van der Waals surface area contributed by atoms with Gasteiger partial charge in [0.05, 0.1) is 17.6 Å². The Bertz CT molecular complexity index is 1110. The van der Waals surface area contributed by atoms with Crippen LogP contribution in [-0.4, -0.2) is 17.2 Å². The summed E-state index contributed by atoms with van der Waals surface area (Å²) in [6.07, 6.45) is 1.36. The van der Waals surface area contributed by atoms with Crippen molar-refractivity contribution in [1.82, 2.24) is 5.43 Å². The Labute approximate surface area is 177 Å². The fourth-order valence-corrected chi connectivity index (χ4v) is 2.86. The number of phenolic OH excluding ortho intramolecular Hbond substituents is 1. The minimum absolute atomic E-state index is 0.0237. The summed E-state index contributed by atoms with van der Waals surface area (Å²) in [6.45, 7) is 4.06. The molecule has 0 fully saturated rings. The van der Waals surface area contributed by atoms with Gasteiger partial charge in [0, 0.05) is 15.6 Å². The van der Waals surface area contributed by atoms with Gasteiger partial charge in [0.15, 0.2) is 0 Å². The highest BCUT2D eigenvalue weighted by Gasteiger charge is 2.05. The standard InChI is InChI=1S/C22H19BrN4O2/c1-14-6-7-19(10-15(14)2)25-26-20-8-9-21(28)17(12-20)13-24-27-22(29)16-4-3-5-18(23)11-16/h3-13,28H,1-2H3,(H,27,29)/b24-13+,26-25?. The van der Waals surface area contributed by atoms with Crippen LogP contribution in [0, 0.1) is 13.8 Å². The van der Waals surface area contributed by atoms with E-state index in [1.54, 1.807) is 30.3 Å². The molecule has 2 N–H and O–H groups in total. The lowest BCUT2D eigenvalue weighted by Crippen LogP contribution is -2.17. The van der Waals surface area contributed by atoms with Gasteiger partial charge in [-0.3, -0.25) is 4.79 Å². The number of hydrazone groups is 1. The molecular weight excluding hydrogens is 432 g/mol. The van der Waals surface area contributed by atoms with Crippen molar-refractivity contribution < 1.29 is 9.90 Å². The van der Waals surface area contributed by atoms with Gasteiger partial charge in [-0.15, -0.1) is 0 Å². The quantitative estimate of drug-likeness (QED) is 0.285. The summed E-state index contributed by atoms with van der Waals surface area (Å²) in [5.74, 6) is -0.330. The number of hydrogen-bond donors (Lipinski definition) is 2. The number of halogens is 1. The first kappa shape index (κ1) is 20.4. The third-order valence-corrected chi connectivity index (χ3v) is 4.73. The van der Waals surface area contributed by atoms with E-state index in [1.807, 2.05) is 38.1 Å². The molecular formula is C22H19BrN4O2. The van der Waals surface area contributed by atoms with E-state index in [-0.39, 0.29) is 11.7 Å². The van der Waals surface area contributed by atoms with E-state index in [0.29, 0.717) is 16.8 Å². The molecule has 6 nitrogen and oxygen atoms in total. The van der Waals surface area contributed by atoms with Crippen LogP contribution >= 0.6 is 15.9 Å². The molecule has 0 heterocycles. The Morgan fingerprint density at radius 3 is 2.41 bits per heavy atom. The molecule has 0 saturated heterocycles. The second-order valence-corrected chi connectivity index (χ2v) is 7.34. The molecule has 0 aliphatic rings. The van der Waals surface area contributed by atoms with Crippen molar-refractivity contribution >= 4 is 39.4 Å². The summed E-state index contributed by atoms with van der Waals surface area (Å²) in [5, 5.41) is 22.4. The van der Waals surface area contributed by atoms with Crippen LogP contribution in [0.5, 0.6) is 5.75 Å². The van der Waals surface area contributed by atoms with Crippen molar-refractivity contribution in [2.75, 3.05) is 0 Å². The molecule has 0 aromatic heterocycles. The van der Waals surface area contributed by atoms with Gasteiger partial charge in [0.25, 0.3) is 5.91 Å². The van der Waals surface area contributed by atoms with Gasteiger partial charge >= 0.3 is 0 Å². The third-order valence-electron chi connectivity index (χ3n) is 4.24. The van der Waals surface area contributed by atoms with E-state index in [2.05, 4.69) is 36.7 Å². The molecule has 146 valence electrons. The SMILES string of the molecule is Cc1ccc(N=Nc2ccc(O)c(/C=N/NC(=O)c3cccc(Br)c3)c2)cc1C. The summed E-state index contributed by atoms with van der Waals surface area (Å²) in [5.41, 5.74) is 6.95. The predicted molar refractivity (Wildman–Crippen MR) is 117 cm³/mol. The number of amides is 1. The molecule has 0 spiro atoms. The van der Waals surface area contributed by atoms with E-state index < -0.39 is 0 Å². The number of carbonyl (C=O) groups is 1. The maximum absolute atomic E-state index is 12.1. The number of azo groups is 1. The predicted octanol–water partition coefficient (Wildman–Crippen LogP) is 5.95. The zero-order valence-corrected chi connectivity index (χ0v) is 17.5. The monoisotopic (exact) mass is 450 g/mol. The maximum atomic E-state index is 12.1. The van der Waals surface area contributed by atoms with Crippen molar-refractivity contribution in [1.29, 1.82) is 0 Å². The van der Waals surface area contributed by atoms with E-state index in [4.69, 9.17) is 0 Å². The number of aryl methyl sites for hydroxylation is 2. The molecule has 29 heavy (non-hydrogen) atoms. The summed E-state index contributed by atoms with van der Waals surface area (Å²) >= 11 is 3.32. The van der Waals surface area contributed by atoms with E-state index in [0.717, 1.165) is 15.7 Å². The summed E-state index contributed by atoms with van der Waals surface area (Å²) in [6, 6.07) is 17.6. The first-order chi connectivity index (χ1) is 13.9. The fraction of sp³-hybridized carbons (Fsp3) is 0.0909. The minimum atomic E-state index is -0.354. The first-order valence-corrected chi connectivity index (χ1v) is 9.62. The second kappa shape index (κ2) is 9.25. The molecule has 3 aromatic carbocycles. The maximum Gasteiger partial charge on any atom is 0.271 e. The number of aromatic hydroxyl groups is 1. The second-order valence-electron chi connectivity index (χ2n) is 6.42. The normalized spacial score (nSPS) is 11.3. The number of phenols is 1. The molecule has 0 aliphatic carbocycles. The topological polar surface area (TPSA) is 86.4 Å².